The number of aromatic nitrogens is 2. The lowest BCUT2D eigenvalue weighted by molar-refractivity contribution is 0.531. The summed E-state index contributed by atoms with van der Waals surface area (Å²) in [4.78, 5) is 4.47. The van der Waals surface area contributed by atoms with Crippen molar-refractivity contribution in [2.75, 3.05) is 11.9 Å². The first-order chi connectivity index (χ1) is 7.34. The number of thiophene rings is 1. The van der Waals surface area contributed by atoms with Crippen LogP contribution in [0.4, 0.5) is 5.95 Å². The molecule has 0 aliphatic carbocycles. The maximum atomic E-state index is 4.47. The molecule has 3 heterocycles. The van der Waals surface area contributed by atoms with Crippen LogP contribution in [-0.4, -0.2) is 16.1 Å². The summed E-state index contributed by atoms with van der Waals surface area (Å²) < 4.78 is 2.25. The van der Waals surface area contributed by atoms with Gasteiger partial charge in [0.2, 0.25) is 5.95 Å². The van der Waals surface area contributed by atoms with Crippen LogP contribution in [-0.2, 0) is 0 Å². The Morgan fingerprint density at radius 1 is 1.60 bits per heavy atom. The smallest absolute Gasteiger partial charge is 0.203 e. The quantitative estimate of drug-likeness (QED) is 0.799. The fraction of sp³-hybridized carbons (Fsp3) is 0.364. The Labute approximate surface area is 92.8 Å². The molecule has 3 nitrogen and oxygen atoms in total. The third kappa shape index (κ3) is 1.45. The Balaban J connectivity index is 2.06. The van der Waals surface area contributed by atoms with Crippen molar-refractivity contribution in [3.05, 3.63) is 34.3 Å². The van der Waals surface area contributed by atoms with E-state index in [4.69, 9.17) is 0 Å². The van der Waals surface area contributed by atoms with Crippen LogP contribution in [0.2, 0.25) is 0 Å². The summed E-state index contributed by atoms with van der Waals surface area (Å²) in [5, 5.41) is 7.70. The van der Waals surface area contributed by atoms with Gasteiger partial charge in [0, 0.05) is 12.7 Å². The zero-order valence-corrected chi connectivity index (χ0v) is 9.42. The molecule has 1 aliphatic heterocycles. The Morgan fingerprint density at radius 2 is 2.53 bits per heavy atom. The van der Waals surface area contributed by atoms with E-state index in [9.17, 15) is 0 Å². The molecule has 4 heteroatoms. The van der Waals surface area contributed by atoms with Crippen molar-refractivity contribution in [2.45, 2.75) is 19.4 Å². The third-order valence-electron chi connectivity index (χ3n) is 2.82. The molecule has 0 saturated heterocycles. The Kier molecular flexibility index (Phi) is 2.02. The number of anilines is 1. The lowest BCUT2D eigenvalue weighted by Gasteiger charge is -2.25. The highest BCUT2D eigenvalue weighted by Crippen LogP contribution is 2.30. The van der Waals surface area contributed by atoms with E-state index in [1.165, 1.54) is 5.56 Å². The number of hydrogen-bond donors (Lipinski definition) is 1. The Morgan fingerprint density at radius 3 is 3.33 bits per heavy atom. The molecule has 1 N–H and O–H groups in total. The molecule has 0 radical (unpaired) electrons. The average Bonchev–Trinajstić information content (AvgIpc) is 2.82. The molecule has 78 valence electrons. The number of imidazole rings is 1. The summed E-state index contributed by atoms with van der Waals surface area (Å²) in [5.74, 6) is 1.01. The number of fused-ring (bicyclic) bond motifs is 1. The van der Waals surface area contributed by atoms with Gasteiger partial charge in [-0.1, -0.05) is 0 Å². The van der Waals surface area contributed by atoms with Crippen molar-refractivity contribution in [1.82, 2.24) is 9.55 Å². The van der Waals surface area contributed by atoms with E-state index < -0.39 is 0 Å². The van der Waals surface area contributed by atoms with E-state index in [2.05, 4.69) is 37.9 Å². The van der Waals surface area contributed by atoms with Crippen molar-refractivity contribution >= 4 is 17.3 Å². The molecule has 1 unspecified atom stereocenters. The second-order valence-corrected chi connectivity index (χ2v) is 4.68. The second-order valence-electron chi connectivity index (χ2n) is 3.90. The van der Waals surface area contributed by atoms with E-state index in [1.54, 1.807) is 11.3 Å². The van der Waals surface area contributed by atoms with Gasteiger partial charge in [0.15, 0.2) is 0 Å². The van der Waals surface area contributed by atoms with Gasteiger partial charge in [-0.2, -0.15) is 11.3 Å². The van der Waals surface area contributed by atoms with E-state index in [0.29, 0.717) is 6.04 Å². The highest BCUT2D eigenvalue weighted by Gasteiger charge is 2.21. The number of nitrogens with one attached hydrogen (secondary N) is 1. The molecule has 3 rings (SSSR count). The zero-order chi connectivity index (χ0) is 10.3. The van der Waals surface area contributed by atoms with Crippen LogP contribution >= 0.6 is 11.3 Å². The maximum absolute atomic E-state index is 4.47. The minimum absolute atomic E-state index is 0.466. The normalized spacial score (nSPS) is 19.7. The van der Waals surface area contributed by atoms with Crippen LogP contribution in [0.15, 0.2) is 23.0 Å². The molecule has 15 heavy (non-hydrogen) atoms. The van der Waals surface area contributed by atoms with Crippen molar-refractivity contribution in [3.63, 3.8) is 0 Å². The summed E-state index contributed by atoms with van der Waals surface area (Å²) in [6.07, 6.45) is 3.27. The molecule has 2 aromatic rings. The summed E-state index contributed by atoms with van der Waals surface area (Å²) in [6.45, 7) is 3.05. The van der Waals surface area contributed by atoms with E-state index in [0.717, 1.165) is 24.6 Å². The summed E-state index contributed by atoms with van der Waals surface area (Å²) in [6, 6.07) is 2.67. The van der Waals surface area contributed by atoms with Crippen LogP contribution in [0.25, 0.3) is 0 Å². The van der Waals surface area contributed by atoms with Crippen LogP contribution in [0.3, 0.4) is 0 Å². The zero-order valence-electron chi connectivity index (χ0n) is 8.60. The molecule has 1 atom stereocenters. The first-order valence-corrected chi connectivity index (χ1v) is 6.10. The standard InChI is InChI=1S/C11H13N3S/c1-8-6-14-10(9-3-5-15-7-9)2-4-12-11(14)13-8/h3,5-7,10H,2,4H2,1H3,(H,12,13). The van der Waals surface area contributed by atoms with Crippen LogP contribution in [0.5, 0.6) is 0 Å². The van der Waals surface area contributed by atoms with Gasteiger partial charge in [-0.15, -0.1) is 0 Å². The van der Waals surface area contributed by atoms with Crippen molar-refractivity contribution < 1.29 is 0 Å². The molecule has 0 saturated carbocycles. The Hall–Kier alpha value is -1.29. The van der Waals surface area contributed by atoms with E-state index in [1.807, 2.05) is 6.92 Å². The van der Waals surface area contributed by atoms with Crippen LogP contribution < -0.4 is 5.32 Å². The molecule has 0 aromatic carbocycles. The van der Waals surface area contributed by atoms with Gasteiger partial charge in [0.05, 0.1) is 11.7 Å². The minimum Gasteiger partial charge on any atom is -0.356 e. The van der Waals surface area contributed by atoms with E-state index >= 15 is 0 Å². The lowest BCUT2D eigenvalue weighted by Crippen LogP contribution is -2.22. The largest absolute Gasteiger partial charge is 0.356 e. The van der Waals surface area contributed by atoms with Gasteiger partial charge in [-0.05, 0) is 35.7 Å². The molecule has 0 amide bonds. The summed E-state index contributed by atoms with van der Waals surface area (Å²) in [7, 11) is 0. The van der Waals surface area contributed by atoms with Crippen molar-refractivity contribution in [1.29, 1.82) is 0 Å². The number of hydrogen-bond acceptors (Lipinski definition) is 3. The monoisotopic (exact) mass is 219 g/mol. The van der Waals surface area contributed by atoms with Gasteiger partial charge >= 0.3 is 0 Å². The molecule has 2 aromatic heterocycles. The summed E-state index contributed by atoms with van der Waals surface area (Å²) in [5.41, 5.74) is 2.49. The highest BCUT2D eigenvalue weighted by molar-refractivity contribution is 7.07. The highest BCUT2D eigenvalue weighted by atomic mass is 32.1. The van der Waals surface area contributed by atoms with Crippen LogP contribution in [0, 0.1) is 6.92 Å². The molecule has 0 spiro atoms. The maximum Gasteiger partial charge on any atom is 0.203 e. The first kappa shape index (κ1) is 8.97. The summed E-state index contributed by atoms with van der Waals surface area (Å²) >= 11 is 1.76. The number of aryl methyl sites for hydroxylation is 1. The second kappa shape index (κ2) is 3.38. The molecular formula is C11H13N3S. The Bertz CT molecular complexity index is 458. The number of rotatable bonds is 1. The lowest BCUT2D eigenvalue weighted by atomic mass is 10.1. The third-order valence-corrected chi connectivity index (χ3v) is 3.52. The van der Waals surface area contributed by atoms with Crippen molar-refractivity contribution in [3.8, 4) is 0 Å². The topological polar surface area (TPSA) is 29.9 Å². The van der Waals surface area contributed by atoms with Gasteiger partial charge in [0.25, 0.3) is 0 Å². The van der Waals surface area contributed by atoms with Crippen LogP contribution in [0.1, 0.15) is 23.7 Å². The van der Waals surface area contributed by atoms with Gasteiger partial charge in [-0.3, -0.25) is 0 Å². The molecule has 0 bridgehead atoms. The van der Waals surface area contributed by atoms with Crippen molar-refractivity contribution in [2.24, 2.45) is 0 Å². The average molecular weight is 219 g/mol. The van der Waals surface area contributed by atoms with Gasteiger partial charge in [-0.25, -0.2) is 4.98 Å². The molecule has 1 aliphatic rings. The fourth-order valence-electron chi connectivity index (χ4n) is 2.14. The first-order valence-electron chi connectivity index (χ1n) is 5.16. The van der Waals surface area contributed by atoms with Gasteiger partial charge < -0.3 is 9.88 Å². The predicted octanol–water partition coefficient (Wildman–Crippen LogP) is 2.66. The van der Waals surface area contributed by atoms with E-state index in [-0.39, 0.29) is 0 Å². The SMILES string of the molecule is Cc1cn2c(n1)NCCC2c1ccsc1. The minimum atomic E-state index is 0.466. The number of nitrogens with zero attached hydrogens (tertiary/aromatic N) is 2. The van der Waals surface area contributed by atoms with Gasteiger partial charge in [0.1, 0.15) is 0 Å². The predicted molar refractivity (Wildman–Crippen MR) is 62.5 cm³/mol. The molecular weight excluding hydrogens is 206 g/mol. The fourth-order valence-corrected chi connectivity index (χ4v) is 2.84. The molecule has 0 fully saturated rings.